The average molecular weight is 491 g/mol. The Balaban J connectivity index is 1.34. The molecule has 0 aliphatic carbocycles. The zero-order chi connectivity index (χ0) is 24.1. The second-order valence-electron chi connectivity index (χ2n) is 7.55. The summed E-state index contributed by atoms with van der Waals surface area (Å²) in [6.45, 7) is 1.93. The molecule has 170 valence electrons. The van der Waals surface area contributed by atoms with Crippen molar-refractivity contribution in [3.8, 4) is 11.3 Å². The maximum Gasteiger partial charge on any atom is 0.255 e. The van der Waals surface area contributed by atoms with Crippen molar-refractivity contribution in [1.82, 2.24) is 0 Å². The third-order valence-electron chi connectivity index (χ3n) is 4.91. The van der Waals surface area contributed by atoms with Gasteiger partial charge in [-0.15, -0.1) is 0 Å². The van der Waals surface area contributed by atoms with Gasteiger partial charge in [-0.2, -0.15) is 0 Å². The molecule has 2 N–H and O–H groups in total. The summed E-state index contributed by atoms with van der Waals surface area (Å²) in [5, 5.41) is 6.63. The Hall–Kier alpha value is -3.80. The number of rotatable bonds is 6. The second kappa shape index (κ2) is 10.4. The molecular weight excluding hydrogens is 471 g/mol. The summed E-state index contributed by atoms with van der Waals surface area (Å²) in [6, 6.07) is 22.9. The second-order valence-corrected chi connectivity index (χ2v) is 8.39. The van der Waals surface area contributed by atoms with Crippen LogP contribution in [0.3, 0.4) is 0 Å². The van der Waals surface area contributed by atoms with Gasteiger partial charge in [-0.1, -0.05) is 40.9 Å². The number of hydrogen-bond acceptors (Lipinski definition) is 3. The van der Waals surface area contributed by atoms with Crippen LogP contribution in [0, 0.1) is 6.92 Å². The Morgan fingerprint density at radius 1 is 0.853 bits per heavy atom. The van der Waals surface area contributed by atoms with Crippen molar-refractivity contribution in [3.05, 3.63) is 112 Å². The molecule has 0 spiro atoms. The molecule has 4 aromatic rings. The normalized spacial score (nSPS) is 10.9. The highest BCUT2D eigenvalue weighted by atomic mass is 35.5. The van der Waals surface area contributed by atoms with Gasteiger partial charge in [0, 0.05) is 33.6 Å². The van der Waals surface area contributed by atoms with Crippen LogP contribution in [0.1, 0.15) is 21.7 Å². The molecule has 0 aliphatic heterocycles. The van der Waals surface area contributed by atoms with Crippen LogP contribution in [-0.2, 0) is 4.79 Å². The minimum absolute atomic E-state index is 0.193. The Morgan fingerprint density at radius 3 is 2.29 bits per heavy atom. The van der Waals surface area contributed by atoms with E-state index >= 15 is 0 Å². The summed E-state index contributed by atoms with van der Waals surface area (Å²) in [5.41, 5.74) is 3.53. The van der Waals surface area contributed by atoms with Crippen molar-refractivity contribution in [2.75, 3.05) is 10.6 Å². The van der Waals surface area contributed by atoms with Gasteiger partial charge >= 0.3 is 0 Å². The predicted octanol–water partition coefficient (Wildman–Crippen LogP) is 7.47. The molecule has 0 radical (unpaired) electrons. The lowest BCUT2D eigenvalue weighted by molar-refractivity contribution is -0.111. The van der Waals surface area contributed by atoms with E-state index in [9.17, 15) is 9.59 Å². The highest BCUT2D eigenvalue weighted by Crippen LogP contribution is 2.31. The van der Waals surface area contributed by atoms with Gasteiger partial charge in [0.25, 0.3) is 5.91 Å². The summed E-state index contributed by atoms with van der Waals surface area (Å²) in [6.07, 6.45) is 2.94. The molecular formula is C27H20Cl2N2O3. The number of furan rings is 1. The number of nitrogens with one attached hydrogen (secondary N) is 2. The van der Waals surface area contributed by atoms with Crippen molar-refractivity contribution >= 4 is 52.5 Å². The number of halogens is 2. The zero-order valence-corrected chi connectivity index (χ0v) is 19.7. The Labute approximate surface area is 207 Å². The first-order valence-corrected chi connectivity index (χ1v) is 11.2. The van der Waals surface area contributed by atoms with E-state index in [1.165, 1.54) is 6.08 Å². The summed E-state index contributed by atoms with van der Waals surface area (Å²) in [7, 11) is 0. The molecule has 2 amide bonds. The van der Waals surface area contributed by atoms with Gasteiger partial charge in [-0.3, -0.25) is 9.59 Å². The lowest BCUT2D eigenvalue weighted by Crippen LogP contribution is -2.12. The van der Waals surface area contributed by atoms with E-state index in [2.05, 4.69) is 10.6 Å². The number of carbonyl (C=O) groups is 2. The smallest absolute Gasteiger partial charge is 0.255 e. The van der Waals surface area contributed by atoms with Crippen LogP contribution in [0.2, 0.25) is 10.0 Å². The summed E-state index contributed by atoms with van der Waals surface area (Å²) in [5.74, 6) is 0.565. The minimum atomic E-state index is -0.320. The first kappa shape index (κ1) is 23.4. The van der Waals surface area contributed by atoms with Crippen molar-refractivity contribution in [3.63, 3.8) is 0 Å². The molecule has 0 saturated heterocycles. The van der Waals surface area contributed by atoms with Crippen molar-refractivity contribution in [2.24, 2.45) is 0 Å². The fraction of sp³-hybridized carbons (Fsp3) is 0.0370. The van der Waals surface area contributed by atoms with Crippen LogP contribution >= 0.6 is 23.2 Å². The zero-order valence-electron chi connectivity index (χ0n) is 18.1. The van der Waals surface area contributed by atoms with E-state index < -0.39 is 0 Å². The summed E-state index contributed by atoms with van der Waals surface area (Å²) < 4.78 is 5.75. The molecule has 3 aromatic carbocycles. The quantitative estimate of drug-likeness (QED) is 0.275. The summed E-state index contributed by atoms with van der Waals surface area (Å²) in [4.78, 5) is 24.7. The van der Waals surface area contributed by atoms with E-state index in [1.54, 1.807) is 66.7 Å². The molecule has 0 fully saturated rings. The van der Waals surface area contributed by atoms with Gasteiger partial charge in [0.15, 0.2) is 0 Å². The number of anilines is 2. The molecule has 0 saturated carbocycles. The fourth-order valence-corrected chi connectivity index (χ4v) is 3.75. The van der Waals surface area contributed by atoms with Crippen molar-refractivity contribution in [1.29, 1.82) is 0 Å². The van der Waals surface area contributed by atoms with Gasteiger partial charge in [0.1, 0.15) is 11.5 Å². The molecule has 34 heavy (non-hydrogen) atoms. The van der Waals surface area contributed by atoms with Gasteiger partial charge in [-0.05, 0) is 79.7 Å². The largest absolute Gasteiger partial charge is 0.457 e. The Kier molecular flexibility index (Phi) is 7.16. The Bertz CT molecular complexity index is 1370. The van der Waals surface area contributed by atoms with Crippen LogP contribution in [0.5, 0.6) is 0 Å². The number of hydrogen-bond donors (Lipinski definition) is 2. The molecule has 4 rings (SSSR count). The minimum Gasteiger partial charge on any atom is -0.457 e. The maximum atomic E-state index is 12.4. The van der Waals surface area contributed by atoms with Crippen LogP contribution in [0.15, 0.2) is 89.4 Å². The first-order chi connectivity index (χ1) is 16.4. The van der Waals surface area contributed by atoms with Crippen LogP contribution < -0.4 is 10.6 Å². The monoisotopic (exact) mass is 490 g/mol. The van der Waals surface area contributed by atoms with E-state index in [4.69, 9.17) is 27.6 Å². The molecule has 1 heterocycles. The molecule has 0 unspecified atom stereocenters. The highest BCUT2D eigenvalue weighted by molar-refractivity contribution is 6.36. The molecule has 0 aliphatic rings. The van der Waals surface area contributed by atoms with E-state index in [1.807, 2.05) is 25.1 Å². The van der Waals surface area contributed by atoms with E-state index in [0.29, 0.717) is 44.1 Å². The van der Waals surface area contributed by atoms with Gasteiger partial charge in [0.2, 0.25) is 5.91 Å². The van der Waals surface area contributed by atoms with Crippen LogP contribution in [0.4, 0.5) is 11.4 Å². The highest BCUT2D eigenvalue weighted by Gasteiger charge is 2.09. The first-order valence-electron chi connectivity index (χ1n) is 10.4. The number of benzene rings is 3. The summed E-state index contributed by atoms with van der Waals surface area (Å²) >= 11 is 12.2. The SMILES string of the molecule is Cc1cccc(C(=O)Nc2ccc(NC(=O)/C=C/c3ccc(-c4ccc(Cl)cc4Cl)o3)cc2)c1. The Morgan fingerprint density at radius 2 is 1.59 bits per heavy atom. The average Bonchev–Trinajstić information content (AvgIpc) is 3.28. The van der Waals surface area contributed by atoms with Gasteiger partial charge < -0.3 is 15.1 Å². The molecule has 5 nitrogen and oxygen atoms in total. The molecule has 1 aromatic heterocycles. The topological polar surface area (TPSA) is 71.3 Å². The fourth-order valence-electron chi connectivity index (χ4n) is 3.24. The predicted molar refractivity (Wildman–Crippen MR) is 137 cm³/mol. The standard InChI is InChI=1S/C27H20Cl2N2O3/c1-17-3-2-4-18(15-17)27(33)31-21-8-6-20(7-9-21)30-26(32)14-11-22-10-13-25(34-22)23-12-5-19(28)16-24(23)29/h2-16H,1H3,(H,30,32)(H,31,33)/b14-11+. The van der Waals surface area contributed by atoms with Crippen LogP contribution in [-0.4, -0.2) is 11.8 Å². The van der Waals surface area contributed by atoms with E-state index in [0.717, 1.165) is 5.56 Å². The molecule has 7 heteroatoms. The van der Waals surface area contributed by atoms with Gasteiger partial charge in [0.05, 0.1) is 5.02 Å². The maximum absolute atomic E-state index is 12.4. The third kappa shape index (κ3) is 5.95. The molecule has 0 bridgehead atoms. The molecule has 0 atom stereocenters. The third-order valence-corrected chi connectivity index (χ3v) is 5.46. The lowest BCUT2D eigenvalue weighted by Gasteiger charge is -2.07. The number of carbonyl (C=O) groups excluding carboxylic acids is 2. The van der Waals surface area contributed by atoms with E-state index in [-0.39, 0.29) is 11.8 Å². The number of amides is 2. The van der Waals surface area contributed by atoms with Gasteiger partial charge in [-0.25, -0.2) is 0 Å². The van der Waals surface area contributed by atoms with Crippen molar-refractivity contribution in [2.45, 2.75) is 6.92 Å². The number of aryl methyl sites for hydroxylation is 1. The van der Waals surface area contributed by atoms with Crippen LogP contribution in [0.25, 0.3) is 17.4 Å². The lowest BCUT2D eigenvalue weighted by atomic mass is 10.1. The van der Waals surface area contributed by atoms with Crippen molar-refractivity contribution < 1.29 is 14.0 Å².